The molecule has 1 aliphatic rings. The molecular weight excluding hydrogens is 253 g/mol. The largest absolute Gasteiger partial charge is 0.416 e. The van der Waals surface area contributed by atoms with E-state index in [0.29, 0.717) is 6.04 Å². The molecule has 19 heavy (non-hydrogen) atoms. The zero-order valence-electron chi connectivity index (χ0n) is 11.2. The Bertz CT molecular complexity index is 427. The highest BCUT2D eigenvalue weighted by Crippen LogP contribution is 2.32. The van der Waals surface area contributed by atoms with Crippen LogP contribution < -0.4 is 5.32 Å². The molecular formula is C14H19F3N2. The lowest BCUT2D eigenvalue weighted by Gasteiger charge is -2.41. The van der Waals surface area contributed by atoms with Crippen LogP contribution in [0, 0.1) is 0 Å². The fourth-order valence-electron chi connectivity index (χ4n) is 2.52. The van der Waals surface area contributed by atoms with Gasteiger partial charge in [-0.2, -0.15) is 13.2 Å². The Labute approximate surface area is 111 Å². The predicted molar refractivity (Wildman–Crippen MR) is 68.9 cm³/mol. The number of likely N-dealkylation sites (N-methyl/N-ethyl adjacent to an activating group) is 1. The van der Waals surface area contributed by atoms with Gasteiger partial charge in [-0.1, -0.05) is 19.1 Å². The van der Waals surface area contributed by atoms with Crippen LogP contribution in [0.25, 0.3) is 0 Å². The SMILES string of the molecule is CCN(C1CNC1)C(C)c1cccc(C(F)(F)F)c1. The van der Waals surface area contributed by atoms with E-state index in [-0.39, 0.29) is 6.04 Å². The molecule has 5 heteroatoms. The van der Waals surface area contributed by atoms with E-state index in [4.69, 9.17) is 0 Å². The number of alkyl halides is 3. The van der Waals surface area contributed by atoms with E-state index in [1.165, 1.54) is 12.1 Å². The third kappa shape index (κ3) is 3.09. The monoisotopic (exact) mass is 272 g/mol. The van der Waals surface area contributed by atoms with Gasteiger partial charge in [0.15, 0.2) is 0 Å². The lowest BCUT2D eigenvalue weighted by atomic mass is 10.0. The van der Waals surface area contributed by atoms with Crippen LogP contribution in [-0.4, -0.2) is 30.6 Å². The molecule has 1 unspecified atom stereocenters. The summed E-state index contributed by atoms with van der Waals surface area (Å²) in [5.41, 5.74) is 0.156. The first-order valence-electron chi connectivity index (χ1n) is 6.57. The van der Waals surface area contributed by atoms with Crippen molar-refractivity contribution < 1.29 is 13.2 Å². The van der Waals surface area contributed by atoms with Gasteiger partial charge in [-0.15, -0.1) is 0 Å². The zero-order chi connectivity index (χ0) is 14.0. The summed E-state index contributed by atoms with van der Waals surface area (Å²) < 4.78 is 38.2. The molecule has 1 aromatic carbocycles. The molecule has 0 bridgehead atoms. The van der Waals surface area contributed by atoms with Gasteiger partial charge in [0, 0.05) is 25.2 Å². The first-order valence-corrected chi connectivity index (χ1v) is 6.57. The minimum atomic E-state index is -4.27. The van der Waals surface area contributed by atoms with E-state index in [9.17, 15) is 13.2 Å². The summed E-state index contributed by atoms with van der Waals surface area (Å²) in [4.78, 5) is 2.24. The Morgan fingerprint density at radius 2 is 2.05 bits per heavy atom. The fourth-order valence-corrected chi connectivity index (χ4v) is 2.52. The van der Waals surface area contributed by atoms with Crippen LogP contribution in [0.1, 0.15) is 31.0 Å². The number of nitrogens with zero attached hydrogens (tertiary/aromatic N) is 1. The molecule has 2 rings (SSSR count). The molecule has 2 nitrogen and oxygen atoms in total. The van der Waals surface area contributed by atoms with Crippen molar-refractivity contribution in [3.63, 3.8) is 0 Å². The molecule has 0 aliphatic carbocycles. The molecule has 1 saturated heterocycles. The molecule has 1 aliphatic heterocycles. The lowest BCUT2D eigenvalue weighted by molar-refractivity contribution is -0.137. The number of rotatable bonds is 4. The van der Waals surface area contributed by atoms with Crippen LogP contribution in [0.5, 0.6) is 0 Å². The van der Waals surface area contributed by atoms with Gasteiger partial charge >= 0.3 is 6.18 Å². The zero-order valence-corrected chi connectivity index (χ0v) is 11.2. The van der Waals surface area contributed by atoms with Crippen molar-refractivity contribution >= 4 is 0 Å². The second-order valence-electron chi connectivity index (χ2n) is 4.94. The highest BCUT2D eigenvalue weighted by atomic mass is 19.4. The van der Waals surface area contributed by atoms with Crippen molar-refractivity contribution in [1.29, 1.82) is 0 Å². The standard InChI is InChI=1S/C14H19F3N2/c1-3-19(13-8-18-9-13)10(2)11-5-4-6-12(7-11)14(15,16)17/h4-7,10,13,18H,3,8-9H2,1-2H3. The topological polar surface area (TPSA) is 15.3 Å². The Hall–Kier alpha value is -1.07. The number of hydrogen-bond acceptors (Lipinski definition) is 2. The van der Waals surface area contributed by atoms with Crippen LogP contribution in [0.4, 0.5) is 13.2 Å². The van der Waals surface area contributed by atoms with E-state index >= 15 is 0 Å². The molecule has 0 amide bonds. The Balaban J connectivity index is 2.20. The third-order valence-electron chi connectivity index (χ3n) is 3.79. The van der Waals surface area contributed by atoms with Gasteiger partial charge in [0.05, 0.1) is 5.56 Å². The molecule has 0 saturated carbocycles. The van der Waals surface area contributed by atoms with Gasteiger partial charge in [0.1, 0.15) is 0 Å². The quantitative estimate of drug-likeness (QED) is 0.906. The van der Waals surface area contributed by atoms with Crippen LogP contribution in [-0.2, 0) is 6.18 Å². The van der Waals surface area contributed by atoms with Crippen LogP contribution >= 0.6 is 0 Å². The highest BCUT2D eigenvalue weighted by Gasteiger charge is 2.32. The summed E-state index contributed by atoms with van der Waals surface area (Å²) in [5, 5.41) is 3.20. The molecule has 106 valence electrons. The Morgan fingerprint density at radius 1 is 1.37 bits per heavy atom. The van der Waals surface area contributed by atoms with Crippen LogP contribution in [0.15, 0.2) is 24.3 Å². The van der Waals surface area contributed by atoms with Crippen molar-refractivity contribution in [2.75, 3.05) is 19.6 Å². The Kier molecular flexibility index (Phi) is 4.16. The third-order valence-corrected chi connectivity index (χ3v) is 3.79. The average molecular weight is 272 g/mol. The van der Waals surface area contributed by atoms with Gasteiger partial charge in [0.25, 0.3) is 0 Å². The summed E-state index contributed by atoms with van der Waals surface area (Å²) in [5.74, 6) is 0. The van der Waals surface area contributed by atoms with Crippen molar-refractivity contribution in [3.8, 4) is 0 Å². The molecule has 1 atom stereocenters. The lowest BCUT2D eigenvalue weighted by Crippen LogP contribution is -2.57. The molecule has 0 aromatic heterocycles. The summed E-state index contributed by atoms with van der Waals surface area (Å²) >= 11 is 0. The fraction of sp³-hybridized carbons (Fsp3) is 0.571. The first kappa shape index (κ1) is 14.3. The number of halogens is 3. The van der Waals surface area contributed by atoms with Gasteiger partial charge in [-0.25, -0.2) is 0 Å². The second kappa shape index (κ2) is 5.51. The van der Waals surface area contributed by atoms with Gasteiger partial charge in [-0.05, 0) is 31.2 Å². The van der Waals surface area contributed by atoms with Crippen LogP contribution in [0.3, 0.4) is 0 Å². The number of nitrogens with one attached hydrogen (secondary N) is 1. The molecule has 1 N–H and O–H groups in total. The predicted octanol–water partition coefficient (Wildman–Crippen LogP) is 3.06. The summed E-state index contributed by atoms with van der Waals surface area (Å²) in [7, 11) is 0. The van der Waals surface area contributed by atoms with Crippen molar-refractivity contribution in [3.05, 3.63) is 35.4 Å². The highest BCUT2D eigenvalue weighted by molar-refractivity contribution is 5.28. The molecule has 1 heterocycles. The van der Waals surface area contributed by atoms with E-state index in [2.05, 4.69) is 10.2 Å². The van der Waals surface area contributed by atoms with E-state index < -0.39 is 11.7 Å². The summed E-state index contributed by atoms with van der Waals surface area (Å²) in [6.45, 7) is 6.68. The molecule has 0 radical (unpaired) electrons. The molecule has 1 fully saturated rings. The maximum atomic E-state index is 12.7. The minimum absolute atomic E-state index is 0.000556. The molecule has 0 spiro atoms. The van der Waals surface area contributed by atoms with Crippen LogP contribution in [0.2, 0.25) is 0 Å². The van der Waals surface area contributed by atoms with Crippen molar-refractivity contribution in [2.45, 2.75) is 32.1 Å². The van der Waals surface area contributed by atoms with E-state index in [1.807, 2.05) is 13.8 Å². The number of benzene rings is 1. The maximum Gasteiger partial charge on any atom is 0.416 e. The molecule has 1 aromatic rings. The normalized spacial score (nSPS) is 18.4. The average Bonchev–Trinajstić information content (AvgIpc) is 2.31. The smallest absolute Gasteiger partial charge is 0.314 e. The van der Waals surface area contributed by atoms with Gasteiger partial charge in [0.2, 0.25) is 0 Å². The van der Waals surface area contributed by atoms with E-state index in [0.717, 1.165) is 31.3 Å². The summed E-state index contributed by atoms with van der Waals surface area (Å²) in [6.07, 6.45) is -4.27. The Morgan fingerprint density at radius 3 is 2.53 bits per heavy atom. The van der Waals surface area contributed by atoms with E-state index in [1.54, 1.807) is 6.07 Å². The van der Waals surface area contributed by atoms with Crippen molar-refractivity contribution in [1.82, 2.24) is 10.2 Å². The maximum absolute atomic E-state index is 12.7. The van der Waals surface area contributed by atoms with Crippen molar-refractivity contribution in [2.24, 2.45) is 0 Å². The van der Waals surface area contributed by atoms with Gasteiger partial charge in [-0.3, -0.25) is 4.90 Å². The van der Waals surface area contributed by atoms with Gasteiger partial charge < -0.3 is 5.32 Å². The minimum Gasteiger partial charge on any atom is -0.314 e. The number of hydrogen-bond donors (Lipinski definition) is 1. The second-order valence-corrected chi connectivity index (χ2v) is 4.94. The summed E-state index contributed by atoms with van der Waals surface area (Å²) in [6, 6.07) is 6.07. The first-order chi connectivity index (χ1) is 8.93.